The summed E-state index contributed by atoms with van der Waals surface area (Å²) < 4.78 is 11.3. The van der Waals surface area contributed by atoms with Gasteiger partial charge >= 0.3 is 0 Å². The number of benzene rings is 1. The Balaban J connectivity index is 1.98. The van der Waals surface area contributed by atoms with Crippen LogP contribution in [0.2, 0.25) is 5.02 Å². The van der Waals surface area contributed by atoms with E-state index in [4.69, 9.17) is 21.1 Å². The topological polar surface area (TPSA) is 30.5 Å². The van der Waals surface area contributed by atoms with Gasteiger partial charge in [-0.3, -0.25) is 0 Å². The van der Waals surface area contributed by atoms with Gasteiger partial charge in [-0.15, -0.1) is 0 Å². The molecule has 2 atom stereocenters. The van der Waals surface area contributed by atoms with Crippen molar-refractivity contribution >= 4 is 11.6 Å². The quantitative estimate of drug-likeness (QED) is 0.912. The zero-order chi connectivity index (χ0) is 13.0. The first-order chi connectivity index (χ1) is 8.70. The van der Waals surface area contributed by atoms with Crippen molar-refractivity contribution in [3.63, 3.8) is 0 Å². The Morgan fingerprint density at radius 3 is 3.00 bits per heavy atom. The number of ether oxygens (including phenoxy) is 2. The second kappa shape index (κ2) is 6.41. The average molecular weight is 270 g/mol. The summed E-state index contributed by atoms with van der Waals surface area (Å²) in [4.78, 5) is 0. The molecule has 1 heterocycles. The Labute approximate surface area is 113 Å². The van der Waals surface area contributed by atoms with Crippen LogP contribution in [0, 0.1) is 5.92 Å². The number of hydrogen-bond donors (Lipinski definition) is 1. The molecular formula is C14H20ClNO2. The van der Waals surface area contributed by atoms with Gasteiger partial charge in [0.15, 0.2) is 0 Å². The molecule has 1 aliphatic rings. The minimum absolute atomic E-state index is 0.266. The van der Waals surface area contributed by atoms with Gasteiger partial charge in [-0.25, -0.2) is 0 Å². The molecule has 0 radical (unpaired) electrons. The fourth-order valence-electron chi connectivity index (χ4n) is 2.24. The summed E-state index contributed by atoms with van der Waals surface area (Å²) in [7, 11) is 1.66. The normalized spacial score (nSPS) is 23.9. The van der Waals surface area contributed by atoms with Gasteiger partial charge in [0.05, 0.1) is 19.8 Å². The van der Waals surface area contributed by atoms with Crippen LogP contribution >= 0.6 is 11.6 Å². The summed E-state index contributed by atoms with van der Waals surface area (Å²) in [5.41, 5.74) is 1.00. The molecule has 3 nitrogen and oxygen atoms in total. The molecule has 0 bridgehead atoms. The SMILES string of the molecule is COc1ccc(Cl)cc1COC1CNCCC1C. The van der Waals surface area contributed by atoms with Crippen molar-refractivity contribution in [1.82, 2.24) is 5.32 Å². The van der Waals surface area contributed by atoms with Crippen molar-refractivity contribution in [2.45, 2.75) is 26.1 Å². The second-order valence-electron chi connectivity index (χ2n) is 4.78. The molecule has 2 rings (SSSR count). The monoisotopic (exact) mass is 269 g/mol. The lowest BCUT2D eigenvalue weighted by Gasteiger charge is -2.29. The van der Waals surface area contributed by atoms with E-state index >= 15 is 0 Å². The molecule has 2 unspecified atom stereocenters. The summed E-state index contributed by atoms with van der Waals surface area (Å²) in [6, 6.07) is 5.61. The van der Waals surface area contributed by atoms with Crippen LogP contribution in [-0.2, 0) is 11.3 Å². The molecule has 1 saturated heterocycles. The number of piperidine rings is 1. The van der Waals surface area contributed by atoms with Crippen molar-refractivity contribution in [2.24, 2.45) is 5.92 Å². The fourth-order valence-corrected chi connectivity index (χ4v) is 2.44. The van der Waals surface area contributed by atoms with Crippen molar-refractivity contribution in [3.05, 3.63) is 28.8 Å². The van der Waals surface area contributed by atoms with Gasteiger partial charge in [0, 0.05) is 17.1 Å². The molecule has 4 heteroatoms. The van der Waals surface area contributed by atoms with Gasteiger partial charge in [0.1, 0.15) is 5.75 Å². The van der Waals surface area contributed by atoms with E-state index in [1.807, 2.05) is 18.2 Å². The molecule has 1 N–H and O–H groups in total. The second-order valence-corrected chi connectivity index (χ2v) is 5.21. The third-order valence-corrected chi connectivity index (χ3v) is 3.69. The number of rotatable bonds is 4. The minimum Gasteiger partial charge on any atom is -0.496 e. The maximum absolute atomic E-state index is 6.00. The largest absolute Gasteiger partial charge is 0.496 e. The predicted molar refractivity (Wildman–Crippen MR) is 73.2 cm³/mol. The van der Waals surface area contributed by atoms with Crippen LogP contribution in [0.1, 0.15) is 18.9 Å². The zero-order valence-corrected chi connectivity index (χ0v) is 11.7. The Morgan fingerprint density at radius 1 is 1.44 bits per heavy atom. The highest BCUT2D eigenvalue weighted by Crippen LogP contribution is 2.25. The first-order valence-corrected chi connectivity index (χ1v) is 6.73. The number of nitrogens with one attached hydrogen (secondary N) is 1. The number of halogens is 1. The summed E-state index contributed by atoms with van der Waals surface area (Å²) >= 11 is 6.00. The zero-order valence-electron chi connectivity index (χ0n) is 10.9. The van der Waals surface area contributed by atoms with E-state index in [9.17, 15) is 0 Å². The highest BCUT2D eigenvalue weighted by molar-refractivity contribution is 6.30. The first kappa shape index (κ1) is 13.7. The van der Waals surface area contributed by atoms with Crippen LogP contribution in [-0.4, -0.2) is 26.3 Å². The molecule has 0 spiro atoms. The van der Waals surface area contributed by atoms with Gasteiger partial charge < -0.3 is 14.8 Å². The fraction of sp³-hybridized carbons (Fsp3) is 0.571. The third kappa shape index (κ3) is 3.37. The van der Waals surface area contributed by atoms with Gasteiger partial charge in [-0.05, 0) is 37.1 Å². The van der Waals surface area contributed by atoms with Gasteiger partial charge in [0.2, 0.25) is 0 Å². The molecule has 1 fully saturated rings. The van der Waals surface area contributed by atoms with Gasteiger partial charge in [-0.1, -0.05) is 18.5 Å². The van der Waals surface area contributed by atoms with Crippen LogP contribution < -0.4 is 10.1 Å². The Bertz CT molecular complexity index is 397. The molecule has 0 amide bonds. The van der Waals surface area contributed by atoms with Crippen LogP contribution in [0.25, 0.3) is 0 Å². The Kier molecular flexibility index (Phi) is 4.87. The molecule has 1 aromatic carbocycles. The van der Waals surface area contributed by atoms with E-state index in [1.54, 1.807) is 7.11 Å². The van der Waals surface area contributed by atoms with E-state index < -0.39 is 0 Å². The molecule has 100 valence electrons. The lowest BCUT2D eigenvalue weighted by atomic mass is 9.97. The van der Waals surface area contributed by atoms with Crippen LogP contribution in [0.15, 0.2) is 18.2 Å². The molecule has 0 aliphatic carbocycles. The molecule has 1 aromatic rings. The third-order valence-electron chi connectivity index (χ3n) is 3.45. The summed E-state index contributed by atoms with van der Waals surface area (Å²) in [6.07, 6.45) is 1.43. The molecule has 0 aromatic heterocycles. The van der Waals surface area contributed by atoms with Crippen molar-refractivity contribution in [3.8, 4) is 5.75 Å². The number of hydrogen-bond acceptors (Lipinski definition) is 3. The van der Waals surface area contributed by atoms with E-state index in [2.05, 4.69) is 12.2 Å². The standard InChI is InChI=1S/C14H20ClNO2/c1-10-5-6-16-8-14(10)18-9-11-7-12(15)3-4-13(11)17-2/h3-4,7,10,14,16H,5-6,8-9H2,1-2H3. The van der Waals surface area contributed by atoms with Crippen LogP contribution in [0.3, 0.4) is 0 Å². The smallest absolute Gasteiger partial charge is 0.124 e. The van der Waals surface area contributed by atoms with Crippen LogP contribution in [0.4, 0.5) is 0 Å². The minimum atomic E-state index is 0.266. The van der Waals surface area contributed by atoms with E-state index in [1.165, 1.54) is 0 Å². The lowest BCUT2D eigenvalue weighted by Crippen LogP contribution is -2.40. The van der Waals surface area contributed by atoms with Crippen molar-refractivity contribution < 1.29 is 9.47 Å². The summed E-state index contributed by atoms with van der Waals surface area (Å²) in [5.74, 6) is 1.42. The summed E-state index contributed by atoms with van der Waals surface area (Å²) in [5, 5.41) is 4.07. The predicted octanol–water partition coefficient (Wildman–Crippen LogP) is 2.86. The maximum Gasteiger partial charge on any atom is 0.124 e. The molecule has 1 aliphatic heterocycles. The van der Waals surface area contributed by atoms with Gasteiger partial charge in [-0.2, -0.15) is 0 Å². The molecule has 18 heavy (non-hydrogen) atoms. The lowest BCUT2D eigenvalue weighted by molar-refractivity contribution is -0.00724. The van der Waals surface area contributed by atoms with E-state index in [-0.39, 0.29) is 6.10 Å². The average Bonchev–Trinajstić information content (AvgIpc) is 2.38. The first-order valence-electron chi connectivity index (χ1n) is 6.35. The molecule has 0 saturated carbocycles. The highest BCUT2D eigenvalue weighted by Gasteiger charge is 2.21. The number of methoxy groups -OCH3 is 1. The maximum atomic E-state index is 6.00. The van der Waals surface area contributed by atoms with E-state index in [0.29, 0.717) is 17.5 Å². The Hall–Kier alpha value is -0.770. The Morgan fingerprint density at radius 2 is 2.28 bits per heavy atom. The molecular weight excluding hydrogens is 250 g/mol. The van der Waals surface area contributed by atoms with E-state index in [0.717, 1.165) is 30.8 Å². The van der Waals surface area contributed by atoms with Crippen molar-refractivity contribution in [1.29, 1.82) is 0 Å². The van der Waals surface area contributed by atoms with Gasteiger partial charge in [0.25, 0.3) is 0 Å². The van der Waals surface area contributed by atoms with Crippen molar-refractivity contribution in [2.75, 3.05) is 20.2 Å². The highest BCUT2D eigenvalue weighted by atomic mass is 35.5. The van der Waals surface area contributed by atoms with Crippen LogP contribution in [0.5, 0.6) is 5.75 Å². The summed E-state index contributed by atoms with van der Waals surface area (Å²) in [6.45, 7) is 4.78.